The molecule has 0 aliphatic carbocycles. The third-order valence-corrected chi connectivity index (χ3v) is 4.11. The summed E-state index contributed by atoms with van der Waals surface area (Å²) in [5, 5.41) is 0. The normalized spacial score (nSPS) is 24.3. The molecule has 1 saturated heterocycles. The molecule has 1 heterocycles. The first-order chi connectivity index (χ1) is 8.65. The van der Waals surface area contributed by atoms with E-state index in [0.29, 0.717) is 6.54 Å². The number of rotatable bonds is 3. The quantitative estimate of drug-likeness (QED) is 0.853. The summed E-state index contributed by atoms with van der Waals surface area (Å²) in [6.07, 6.45) is 2.65. The largest absolute Gasteiger partial charge is 0.372 e. The van der Waals surface area contributed by atoms with E-state index in [0.717, 1.165) is 13.1 Å². The molecule has 1 fully saturated rings. The molecule has 1 aliphatic rings. The van der Waals surface area contributed by atoms with Gasteiger partial charge in [0.1, 0.15) is 0 Å². The number of nitrogens with two attached hydrogens (primary N) is 1. The average Bonchev–Trinajstić information content (AvgIpc) is 2.36. The van der Waals surface area contributed by atoms with Gasteiger partial charge in [0.05, 0.1) is 12.2 Å². The Bertz CT molecular complexity index is 401. The van der Waals surface area contributed by atoms with Crippen LogP contribution in [0.25, 0.3) is 0 Å². The second kappa shape index (κ2) is 5.95. The second-order valence-electron chi connectivity index (χ2n) is 4.82. The highest BCUT2D eigenvalue weighted by Gasteiger charge is 2.24. The minimum absolute atomic E-state index is 0.275. The Balaban J connectivity index is 2.32. The molecule has 4 heteroatoms. The zero-order valence-electron chi connectivity index (χ0n) is 11.3. The van der Waals surface area contributed by atoms with Gasteiger partial charge in [0.15, 0.2) is 0 Å². The maximum Gasteiger partial charge on any atom is 0.0726 e. The molecule has 0 amide bonds. The van der Waals surface area contributed by atoms with Gasteiger partial charge in [0.2, 0.25) is 0 Å². The molecule has 0 spiro atoms. The Kier molecular flexibility index (Phi) is 4.54. The summed E-state index contributed by atoms with van der Waals surface area (Å²) >= 11 is 1.76. The van der Waals surface area contributed by atoms with Crippen LogP contribution in [0.4, 0.5) is 5.69 Å². The summed E-state index contributed by atoms with van der Waals surface area (Å²) in [5.74, 6) is 0. The van der Waals surface area contributed by atoms with E-state index in [1.54, 1.807) is 11.8 Å². The van der Waals surface area contributed by atoms with Crippen LogP contribution < -0.4 is 10.6 Å². The van der Waals surface area contributed by atoms with Crippen molar-refractivity contribution in [1.29, 1.82) is 0 Å². The van der Waals surface area contributed by atoms with E-state index in [-0.39, 0.29) is 12.2 Å². The predicted octanol–water partition coefficient (Wildman–Crippen LogP) is 2.48. The maximum atomic E-state index is 5.93. The van der Waals surface area contributed by atoms with Gasteiger partial charge < -0.3 is 15.4 Å². The molecule has 0 bridgehead atoms. The molecule has 18 heavy (non-hydrogen) atoms. The number of morpholine rings is 1. The smallest absolute Gasteiger partial charge is 0.0726 e. The SMILES string of the molecule is CSc1cccc(N2CC(C)OC(C)C2)c1CN. The molecule has 1 aliphatic heterocycles. The molecule has 0 radical (unpaired) electrons. The average molecular weight is 266 g/mol. The second-order valence-corrected chi connectivity index (χ2v) is 5.67. The summed E-state index contributed by atoms with van der Waals surface area (Å²) < 4.78 is 5.79. The molecule has 2 rings (SSSR count). The Morgan fingerprint density at radius 2 is 2.00 bits per heavy atom. The molecule has 1 aromatic rings. The van der Waals surface area contributed by atoms with E-state index in [1.165, 1.54) is 16.1 Å². The van der Waals surface area contributed by atoms with Gasteiger partial charge in [0.25, 0.3) is 0 Å². The van der Waals surface area contributed by atoms with E-state index in [2.05, 4.69) is 43.2 Å². The Morgan fingerprint density at radius 3 is 2.56 bits per heavy atom. The number of hydrogen-bond acceptors (Lipinski definition) is 4. The number of anilines is 1. The maximum absolute atomic E-state index is 5.93. The first-order valence-electron chi connectivity index (χ1n) is 6.42. The van der Waals surface area contributed by atoms with Gasteiger partial charge in [-0.15, -0.1) is 11.8 Å². The number of thioether (sulfide) groups is 1. The van der Waals surface area contributed by atoms with Crippen LogP contribution in [0.3, 0.4) is 0 Å². The van der Waals surface area contributed by atoms with Crippen molar-refractivity contribution in [3.05, 3.63) is 23.8 Å². The van der Waals surface area contributed by atoms with Crippen LogP contribution in [0.2, 0.25) is 0 Å². The van der Waals surface area contributed by atoms with Crippen molar-refractivity contribution in [2.75, 3.05) is 24.2 Å². The van der Waals surface area contributed by atoms with Crippen LogP contribution >= 0.6 is 11.8 Å². The summed E-state index contributed by atoms with van der Waals surface area (Å²) in [5.41, 5.74) is 8.46. The molecule has 0 aromatic heterocycles. The standard InChI is InChI=1S/C14H22N2OS/c1-10-8-16(9-11(2)17-10)13-5-4-6-14(18-3)12(13)7-15/h4-6,10-11H,7-9,15H2,1-3H3. The van der Waals surface area contributed by atoms with Crippen LogP contribution in [0.1, 0.15) is 19.4 Å². The summed E-state index contributed by atoms with van der Waals surface area (Å²) in [6, 6.07) is 6.43. The van der Waals surface area contributed by atoms with Crippen LogP contribution in [-0.2, 0) is 11.3 Å². The lowest BCUT2D eigenvalue weighted by Crippen LogP contribution is -2.46. The van der Waals surface area contributed by atoms with Crippen molar-refractivity contribution in [2.24, 2.45) is 5.73 Å². The van der Waals surface area contributed by atoms with E-state index in [4.69, 9.17) is 10.5 Å². The molecule has 0 saturated carbocycles. The lowest BCUT2D eigenvalue weighted by atomic mass is 10.1. The van der Waals surface area contributed by atoms with Gasteiger partial charge in [-0.1, -0.05) is 6.07 Å². The third-order valence-electron chi connectivity index (χ3n) is 3.29. The van der Waals surface area contributed by atoms with Crippen molar-refractivity contribution >= 4 is 17.4 Å². The Morgan fingerprint density at radius 1 is 1.33 bits per heavy atom. The van der Waals surface area contributed by atoms with Gasteiger partial charge in [-0.3, -0.25) is 0 Å². The first-order valence-corrected chi connectivity index (χ1v) is 7.64. The van der Waals surface area contributed by atoms with Crippen molar-refractivity contribution in [1.82, 2.24) is 0 Å². The number of hydrogen-bond donors (Lipinski definition) is 1. The third kappa shape index (κ3) is 2.82. The summed E-state index contributed by atoms with van der Waals surface area (Å²) in [7, 11) is 0. The van der Waals surface area contributed by atoms with E-state index < -0.39 is 0 Å². The summed E-state index contributed by atoms with van der Waals surface area (Å²) in [4.78, 5) is 3.68. The minimum Gasteiger partial charge on any atom is -0.372 e. The number of benzene rings is 1. The first kappa shape index (κ1) is 13.7. The van der Waals surface area contributed by atoms with Gasteiger partial charge in [0, 0.05) is 35.8 Å². The highest BCUT2D eigenvalue weighted by Crippen LogP contribution is 2.31. The zero-order valence-corrected chi connectivity index (χ0v) is 12.2. The van der Waals surface area contributed by atoms with E-state index in [1.807, 2.05) is 0 Å². The van der Waals surface area contributed by atoms with Crippen LogP contribution in [0, 0.1) is 0 Å². The van der Waals surface area contributed by atoms with Gasteiger partial charge >= 0.3 is 0 Å². The van der Waals surface area contributed by atoms with E-state index >= 15 is 0 Å². The fourth-order valence-electron chi connectivity index (χ4n) is 2.62. The molecule has 100 valence electrons. The number of nitrogens with zero attached hydrogens (tertiary/aromatic N) is 1. The van der Waals surface area contributed by atoms with Gasteiger partial charge in [-0.25, -0.2) is 0 Å². The van der Waals surface area contributed by atoms with Crippen molar-refractivity contribution in [3.63, 3.8) is 0 Å². The summed E-state index contributed by atoms with van der Waals surface area (Å²) in [6.45, 7) is 6.73. The zero-order chi connectivity index (χ0) is 13.1. The monoisotopic (exact) mass is 266 g/mol. The molecule has 2 N–H and O–H groups in total. The van der Waals surface area contributed by atoms with Crippen molar-refractivity contribution in [2.45, 2.75) is 37.5 Å². The highest BCUT2D eigenvalue weighted by molar-refractivity contribution is 7.98. The lowest BCUT2D eigenvalue weighted by molar-refractivity contribution is -0.00527. The highest BCUT2D eigenvalue weighted by atomic mass is 32.2. The van der Waals surface area contributed by atoms with Crippen LogP contribution in [-0.4, -0.2) is 31.6 Å². The molecule has 3 nitrogen and oxygen atoms in total. The Hall–Kier alpha value is -0.710. The van der Waals surface area contributed by atoms with Crippen molar-refractivity contribution in [3.8, 4) is 0 Å². The van der Waals surface area contributed by atoms with Crippen LogP contribution in [0.5, 0.6) is 0 Å². The van der Waals surface area contributed by atoms with Gasteiger partial charge in [-0.05, 0) is 32.2 Å². The number of ether oxygens (including phenoxy) is 1. The fourth-order valence-corrected chi connectivity index (χ4v) is 3.27. The Labute approximate surface area is 114 Å². The molecule has 1 aromatic carbocycles. The lowest BCUT2D eigenvalue weighted by Gasteiger charge is -2.38. The molecule has 2 atom stereocenters. The predicted molar refractivity (Wildman–Crippen MR) is 78.3 cm³/mol. The van der Waals surface area contributed by atoms with E-state index in [9.17, 15) is 0 Å². The molecule has 2 unspecified atom stereocenters. The fraction of sp³-hybridized carbons (Fsp3) is 0.571. The van der Waals surface area contributed by atoms with Gasteiger partial charge in [-0.2, -0.15) is 0 Å². The minimum atomic E-state index is 0.275. The van der Waals surface area contributed by atoms with Crippen LogP contribution in [0.15, 0.2) is 23.1 Å². The molecular weight excluding hydrogens is 244 g/mol. The van der Waals surface area contributed by atoms with Crippen molar-refractivity contribution < 1.29 is 4.74 Å². The molecular formula is C14H22N2OS. The topological polar surface area (TPSA) is 38.5 Å².